The number of hydrogen-bond donors (Lipinski definition) is 1. The Morgan fingerprint density at radius 1 is 1.37 bits per heavy atom. The fraction of sp³-hybridized carbons (Fsp3) is 0.786. The van der Waals surface area contributed by atoms with Crippen molar-refractivity contribution in [2.24, 2.45) is 5.73 Å². The highest BCUT2D eigenvalue weighted by atomic mass is 32.1. The molecule has 0 aliphatic heterocycles. The Labute approximate surface area is 121 Å². The second-order valence-corrected chi connectivity index (χ2v) is 7.06. The van der Waals surface area contributed by atoms with Gasteiger partial charge in [-0.05, 0) is 13.8 Å². The molecular formula is C14H27N3OS. The van der Waals surface area contributed by atoms with Crippen molar-refractivity contribution in [1.29, 1.82) is 0 Å². The van der Waals surface area contributed by atoms with E-state index in [1.165, 1.54) is 4.88 Å². The van der Waals surface area contributed by atoms with E-state index in [1.54, 1.807) is 18.4 Å². The van der Waals surface area contributed by atoms with Crippen molar-refractivity contribution in [3.63, 3.8) is 0 Å². The van der Waals surface area contributed by atoms with Crippen LogP contribution < -0.4 is 10.6 Å². The Balaban J connectivity index is 3.08. The van der Waals surface area contributed by atoms with E-state index in [-0.39, 0.29) is 5.41 Å². The van der Waals surface area contributed by atoms with Crippen LogP contribution in [0.4, 0.5) is 5.13 Å². The van der Waals surface area contributed by atoms with Crippen LogP contribution in [0.1, 0.15) is 45.2 Å². The maximum Gasteiger partial charge on any atom is 0.186 e. The number of hydrogen-bond acceptors (Lipinski definition) is 5. The minimum atomic E-state index is 0.0351. The zero-order valence-corrected chi connectivity index (χ0v) is 13.8. The summed E-state index contributed by atoms with van der Waals surface area (Å²) >= 11 is 1.71. The van der Waals surface area contributed by atoms with Gasteiger partial charge in [0.15, 0.2) is 5.13 Å². The number of aromatic nitrogens is 1. The fourth-order valence-corrected chi connectivity index (χ4v) is 3.26. The largest absolute Gasteiger partial charge is 0.383 e. The van der Waals surface area contributed by atoms with E-state index in [4.69, 9.17) is 15.5 Å². The van der Waals surface area contributed by atoms with E-state index >= 15 is 0 Å². The summed E-state index contributed by atoms with van der Waals surface area (Å²) in [6.07, 6.45) is 0. The molecule has 0 fully saturated rings. The summed E-state index contributed by atoms with van der Waals surface area (Å²) in [4.78, 5) is 8.30. The van der Waals surface area contributed by atoms with Gasteiger partial charge in [0.25, 0.3) is 0 Å². The average molecular weight is 285 g/mol. The van der Waals surface area contributed by atoms with Gasteiger partial charge in [0.2, 0.25) is 0 Å². The quantitative estimate of drug-likeness (QED) is 0.873. The summed E-state index contributed by atoms with van der Waals surface area (Å²) in [5.41, 5.74) is 7.02. The molecule has 19 heavy (non-hydrogen) atoms. The van der Waals surface area contributed by atoms with Crippen molar-refractivity contribution in [2.75, 3.05) is 25.2 Å². The lowest BCUT2D eigenvalue weighted by Crippen LogP contribution is -2.33. The number of nitrogens with two attached hydrogens (primary N) is 1. The Hall–Kier alpha value is -0.650. The molecule has 2 N–H and O–H groups in total. The third-order valence-electron chi connectivity index (χ3n) is 2.99. The first-order valence-electron chi connectivity index (χ1n) is 6.77. The fourth-order valence-electron chi connectivity index (χ4n) is 1.95. The third kappa shape index (κ3) is 4.16. The molecule has 0 radical (unpaired) electrons. The molecule has 0 unspecified atom stereocenters. The molecule has 1 aromatic rings. The lowest BCUT2D eigenvalue weighted by molar-refractivity contribution is 0.204. The van der Waals surface area contributed by atoms with Crippen molar-refractivity contribution < 1.29 is 4.74 Å². The van der Waals surface area contributed by atoms with Crippen LogP contribution in [0.2, 0.25) is 0 Å². The molecule has 0 aromatic carbocycles. The first-order chi connectivity index (χ1) is 8.81. The van der Waals surface area contributed by atoms with Crippen molar-refractivity contribution >= 4 is 16.5 Å². The zero-order chi connectivity index (χ0) is 14.6. The van der Waals surface area contributed by atoms with Gasteiger partial charge in [0, 0.05) is 36.5 Å². The molecule has 5 heteroatoms. The monoisotopic (exact) mass is 285 g/mol. The highest BCUT2D eigenvalue weighted by Crippen LogP contribution is 2.34. The Morgan fingerprint density at radius 3 is 2.37 bits per heavy atom. The van der Waals surface area contributed by atoms with Crippen molar-refractivity contribution in [2.45, 2.75) is 52.6 Å². The van der Waals surface area contributed by atoms with E-state index in [0.717, 1.165) is 17.4 Å². The predicted molar refractivity (Wildman–Crippen MR) is 83.1 cm³/mol. The minimum absolute atomic E-state index is 0.0351. The summed E-state index contributed by atoms with van der Waals surface area (Å²) in [7, 11) is 1.73. The second kappa shape index (κ2) is 6.68. The van der Waals surface area contributed by atoms with Gasteiger partial charge in [0.05, 0.1) is 12.3 Å². The minimum Gasteiger partial charge on any atom is -0.383 e. The molecule has 0 amide bonds. The van der Waals surface area contributed by atoms with E-state index in [1.807, 2.05) is 0 Å². The van der Waals surface area contributed by atoms with Crippen LogP contribution in [-0.4, -0.2) is 31.3 Å². The van der Waals surface area contributed by atoms with Crippen LogP contribution in [0, 0.1) is 0 Å². The molecule has 1 heterocycles. The molecule has 0 bridgehead atoms. The van der Waals surface area contributed by atoms with Crippen LogP contribution in [-0.2, 0) is 16.7 Å². The summed E-state index contributed by atoms with van der Waals surface area (Å²) in [6, 6.07) is 0.403. The van der Waals surface area contributed by atoms with E-state index in [9.17, 15) is 0 Å². The molecule has 0 saturated heterocycles. The molecule has 0 aliphatic rings. The van der Waals surface area contributed by atoms with Gasteiger partial charge in [-0.1, -0.05) is 20.8 Å². The molecule has 1 rings (SSSR count). The summed E-state index contributed by atoms with van der Waals surface area (Å²) in [5.74, 6) is 0. The van der Waals surface area contributed by atoms with E-state index < -0.39 is 0 Å². The second-order valence-electron chi connectivity index (χ2n) is 6.00. The molecule has 0 aliphatic carbocycles. The summed E-state index contributed by atoms with van der Waals surface area (Å²) in [5, 5.41) is 1.05. The molecule has 1 aromatic heterocycles. The smallest absolute Gasteiger partial charge is 0.186 e. The van der Waals surface area contributed by atoms with Gasteiger partial charge < -0.3 is 15.4 Å². The lowest BCUT2D eigenvalue weighted by Gasteiger charge is -2.26. The number of thiazole rings is 1. The topological polar surface area (TPSA) is 51.4 Å². The molecule has 4 nitrogen and oxygen atoms in total. The highest BCUT2D eigenvalue weighted by molar-refractivity contribution is 7.15. The van der Waals surface area contributed by atoms with E-state index in [0.29, 0.717) is 19.2 Å². The van der Waals surface area contributed by atoms with Crippen LogP contribution in [0.3, 0.4) is 0 Å². The zero-order valence-electron chi connectivity index (χ0n) is 13.0. The maximum absolute atomic E-state index is 5.86. The van der Waals surface area contributed by atoms with Gasteiger partial charge in [-0.2, -0.15) is 0 Å². The Kier molecular flexibility index (Phi) is 5.77. The summed E-state index contributed by atoms with van der Waals surface area (Å²) < 4.78 is 5.19. The van der Waals surface area contributed by atoms with E-state index in [2.05, 4.69) is 39.5 Å². The van der Waals surface area contributed by atoms with Gasteiger partial charge in [-0.3, -0.25) is 0 Å². The van der Waals surface area contributed by atoms with Crippen molar-refractivity contribution in [1.82, 2.24) is 4.98 Å². The highest BCUT2D eigenvalue weighted by Gasteiger charge is 2.25. The lowest BCUT2D eigenvalue weighted by atomic mass is 9.91. The van der Waals surface area contributed by atoms with Gasteiger partial charge >= 0.3 is 0 Å². The van der Waals surface area contributed by atoms with Crippen LogP contribution in [0.5, 0.6) is 0 Å². The molecule has 110 valence electrons. The van der Waals surface area contributed by atoms with Crippen LogP contribution in [0.25, 0.3) is 0 Å². The first kappa shape index (κ1) is 16.4. The third-order valence-corrected chi connectivity index (χ3v) is 4.10. The maximum atomic E-state index is 5.86. The first-order valence-corrected chi connectivity index (χ1v) is 7.58. The Bertz CT molecular complexity index is 396. The molecule has 0 atom stereocenters. The van der Waals surface area contributed by atoms with Gasteiger partial charge in [0.1, 0.15) is 0 Å². The average Bonchev–Trinajstić information content (AvgIpc) is 2.73. The van der Waals surface area contributed by atoms with Crippen molar-refractivity contribution in [3.05, 3.63) is 10.6 Å². The number of nitrogens with zero attached hydrogens (tertiary/aromatic N) is 2. The Morgan fingerprint density at radius 2 is 2.00 bits per heavy atom. The number of methoxy groups -OCH3 is 1. The molecular weight excluding hydrogens is 258 g/mol. The van der Waals surface area contributed by atoms with Crippen molar-refractivity contribution in [3.8, 4) is 0 Å². The van der Waals surface area contributed by atoms with Crippen LogP contribution in [0.15, 0.2) is 0 Å². The standard InChI is InChI=1S/C14H27N3OS/c1-10(2)17(7-8-18-6)13-16-12(14(3,4)5)11(9-15)19-13/h10H,7-9,15H2,1-6H3. The number of rotatable bonds is 6. The molecule has 0 spiro atoms. The predicted octanol–water partition coefficient (Wildman–Crippen LogP) is 2.76. The van der Waals surface area contributed by atoms with Crippen LogP contribution >= 0.6 is 11.3 Å². The number of ether oxygens (including phenoxy) is 1. The number of anilines is 1. The SMILES string of the molecule is COCCN(c1nc(C(C)(C)C)c(CN)s1)C(C)C. The summed E-state index contributed by atoms with van der Waals surface area (Å²) in [6.45, 7) is 13.0. The molecule has 0 saturated carbocycles. The normalized spacial score (nSPS) is 12.2. The van der Waals surface area contributed by atoms with Gasteiger partial charge in [-0.25, -0.2) is 4.98 Å². The van der Waals surface area contributed by atoms with Gasteiger partial charge in [-0.15, -0.1) is 11.3 Å².